The molecule has 0 atom stereocenters. The lowest BCUT2D eigenvalue weighted by molar-refractivity contribution is 0.321. The molecule has 0 spiro atoms. The zero-order chi connectivity index (χ0) is 10.7. The lowest BCUT2D eigenvalue weighted by Crippen LogP contribution is -2.30. The van der Waals surface area contributed by atoms with Crippen molar-refractivity contribution in [3.8, 4) is 0 Å². The first kappa shape index (κ1) is 10.6. The number of hydrogen-bond acceptors (Lipinski definition) is 3. The third-order valence-electron chi connectivity index (χ3n) is 2.89. The van der Waals surface area contributed by atoms with Crippen LogP contribution in [0.2, 0.25) is 0 Å². The number of aromatic nitrogens is 2. The lowest BCUT2D eigenvalue weighted by Gasteiger charge is -2.15. The predicted molar refractivity (Wildman–Crippen MR) is 60.6 cm³/mol. The molecule has 15 heavy (non-hydrogen) atoms. The van der Waals surface area contributed by atoms with Crippen LogP contribution in [0.3, 0.4) is 0 Å². The standard InChI is InChI=1S/C11H20N4/c1-14(11-3-4-11)8-6-12-9-10-5-7-15(2)13-10/h5,7,11-12H,3-4,6,8-9H2,1-2H3. The van der Waals surface area contributed by atoms with E-state index in [1.54, 1.807) is 0 Å². The van der Waals surface area contributed by atoms with Gasteiger partial charge in [0.25, 0.3) is 0 Å². The van der Waals surface area contributed by atoms with Crippen LogP contribution in [0.25, 0.3) is 0 Å². The normalized spacial score (nSPS) is 16.2. The summed E-state index contributed by atoms with van der Waals surface area (Å²) in [7, 11) is 4.16. The van der Waals surface area contributed by atoms with Crippen LogP contribution in [0.1, 0.15) is 18.5 Å². The molecule has 1 aromatic rings. The van der Waals surface area contributed by atoms with E-state index in [1.807, 2.05) is 17.9 Å². The van der Waals surface area contributed by atoms with E-state index in [4.69, 9.17) is 0 Å². The minimum atomic E-state index is 0.863. The second-order valence-electron chi connectivity index (χ2n) is 4.37. The molecular weight excluding hydrogens is 188 g/mol. The van der Waals surface area contributed by atoms with Gasteiger partial charge >= 0.3 is 0 Å². The first-order valence-electron chi connectivity index (χ1n) is 5.65. The summed E-state index contributed by atoms with van der Waals surface area (Å²) < 4.78 is 1.84. The Kier molecular flexibility index (Phi) is 3.38. The summed E-state index contributed by atoms with van der Waals surface area (Å²) in [6.45, 7) is 3.06. The predicted octanol–water partition coefficient (Wildman–Crippen LogP) is 0.604. The van der Waals surface area contributed by atoms with Crippen LogP contribution in [0, 0.1) is 0 Å². The quantitative estimate of drug-likeness (QED) is 0.695. The van der Waals surface area contributed by atoms with Crippen LogP contribution in [0.4, 0.5) is 0 Å². The Morgan fingerprint density at radius 2 is 2.40 bits per heavy atom. The van der Waals surface area contributed by atoms with Crippen molar-refractivity contribution < 1.29 is 0 Å². The van der Waals surface area contributed by atoms with Crippen molar-refractivity contribution in [2.24, 2.45) is 7.05 Å². The number of rotatable bonds is 6. The fourth-order valence-corrected chi connectivity index (χ4v) is 1.73. The molecule has 0 amide bonds. The smallest absolute Gasteiger partial charge is 0.0762 e. The molecule has 1 aliphatic carbocycles. The molecule has 1 saturated carbocycles. The highest BCUT2D eigenvalue weighted by molar-refractivity contribution is 4.97. The second kappa shape index (κ2) is 4.77. The largest absolute Gasteiger partial charge is 0.310 e. The minimum absolute atomic E-state index is 0.863. The van der Waals surface area contributed by atoms with Gasteiger partial charge in [-0.25, -0.2) is 0 Å². The fourth-order valence-electron chi connectivity index (χ4n) is 1.73. The third-order valence-corrected chi connectivity index (χ3v) is 2.89. The van der Waals surface area contributed by atoms with Crippen molar-refractivity contribution in [2.45, 2.75) is 25.4 Å². The first-order chi connectivity index (χ1) is 7.25. The summed E-state index contributed by atoms with van der Waals surface area (Å²) in [5.41, 5.74) is 1.12. The summed E-state index contributed by atoms with van der Waals surface area (Å²) >= 11 is 0. The third kappa shape index (κ3) is 3.32. The number of aryl methyl sites for hydroxylation is 1. The van der Waals surface area contributed by atoms with Crippen molar-refractivity contribution in [1.29, 1.82) is 0 Å². The molecule has 0 aromatic carbocycles. The average molecular weight is 208 g/mol. The van der Waals surface area contributed by atoms with Crippen LogP contribution in [-0.4, -0.2) is 40.9 Å². The highest BCUT2D eigenvalue weighted by atomic mass is 15.3. The molecule has 0 aliphatic heterocycles. The van der Waals surface area contributed by atoms with Gasteiger partial charge in [-0.05, 0) is 26.0 Å². The SMILES string of the molecule is CN(CCNCc1ccn(C)n1)C1CC1. The summed E-state index contributed by atoms with van der Waals surface area (Å²) in [4.78, 5) is 2.44. The molecule has 1 heterocycles. The van der Waals surface area contributed by atoms with Gasteiger partial charge < -0.3 is 10.2 Å². The van der Waals surface area contributed by atoms with Gasteiger partial charge in [0.1, 0.15) is 0 Å². The summed E-state index contributed by atoms with van der Waals surface area (Å²) in [6.07, 6.45) is 4.75. The summed E-state index contributed by atoms with van der Waals surface area (Å²) in [5, 5.41) is 7.73. The molecule has 4 nitrogen and oxygen atoms in total. The maximum absolute atomic E-state index is 4.32. The average Bonchev–Trinajstić information content (AvgIpc) is 2.98. The van der Waals surface area contributed by atoms with Gasteiger partial charge in [0.15, 0.2) is 0 Å². The van der Waals surface area contributed by atoms with Gasteiger partial charge in [-0.1, -0.05) is 0 Å². The van der Waals surface area contributed by atoms with Gasteiger partial charge in [0.05, 0.1) is 5.69 Å². The van der Waals surface area contributed by atoms with E-state index in [9.17, 15) is 0 Å². The summed E-state index contributed by atoms with van der Waals surface area (Å²) in [5.74, 6) is 0. The van der Waals surface area contributed by atoms with Gasteiger partial charge in [0, 0.05) is 38.9 Å². The van der Waals surface area contributed by atoms with Gasteiger partial charge in [0.2, 0.25) is 0 Å². The van der Waals surface area contributed by atoms with Crippen molar-refractivity contribution in [2.75, 3.05) is 20.1 Å². The molecule has 2 rings (SSSR count). The zero-order valence-electron chi connectivity index (χ0n) is 9.61. The molecule has 1 fully saturated rings. The van der Waals surface area contributed by atoms with E-state index in [2.05, 4.69) is 28.4 Å². The lowest BCUT2D eigenvalue weighted by atomic mass is 10.4. The van der Waals surface area contributed by atoms with E-state index in [1.165, 1.54) is 12.8 Å². The van der Waals surface area contributed by atoms with Crippen LogP contribution in [0.5, 0.6) is 0 Å². The van der Waals surface area contributed by atoms with Crippen molar-refractivity contribution in [3.63, 3.8) is 0 Å². The van der Waals surface area contributed by atoms with Crippen molar-refractivity contribution in [3.05, 3.63) is 18.0 Å². The maximum atomic E-state index is 4.32. The topological polar surface area (TPSA) is 33.1 Å². The molecule has 4 heteroatoms. The van der Waals surface area contributed by atoms with Crippen LogP contribution >= 0.6 is 0 Å². The number of likely N-dealkylation sites (N-methyl/N-ethyl adjacent to an activating group) is 1. The Morgan fingerprint density at radius 1 is 1.60 bits per heavy atom. The zero-order valence-corrected chi connectivity index (χ0v) is 9.61. The molecule has 1 aromatic heterocycles. The van der Waals surface area contributed by atoms with Gasteiger partial charge in [-0.15, -0.1) is 0 Å². The monoisotopic (exact) mass is 208 g/mol. The van der Waals surface area contributed by atoms with Crippen molar-refractivity contribution >= 4 is 0 Å². The second-order valence-corrected chi connectivity index (χ2v) is 4.37. The van der Waals surface area contributed by atoms with E-state index in [-0.39, 0.29) is 0 Å². The van der Waals surface area contributed by atoms with E-state index < -0.39 is 0 Å². The molecule has 84 valence electrons. The maximum Gasteiger partial charge on any atom is 0.0762 e. The van der Waals surface area contributed by atoms with E-state index >= 15 is 0 Å². The highest BCUT2D eigenvalue weighted by Crippen LogP contribution is 2.24. The Bertz CT molecular complexity index is 303. The summed E-state index contributed by atoms with van der Waals surface area (Å²) in [6, 6.07) is 2.92. The molecular formula is C11H20N4. The van der Waals surface area contributed by atoms with E-state index in [0.29, 0.717) is 0 Å². The Balaban J connectivity index is 1.58. The highest BCUT2D eigenvalue weighted by Gasteiger charge is 2.25. The fraction of sp³-hybridized carbons (Fsp3) is 0.727. The Morgan fingerprint density at radius 3 is 3.00 bits per heavy atom. The van der Waals surface area contributed by atoms with Crippen LogP contribution in [-0.2, 0) is 13.6 Å². The van der Waals surface area contributed by atoms with Gasteiger partial charge in [-0.2, -0.15) is 5.10 Å². The molecule has 0 radical (unpaired) electrons. The van der Waals surface area contributed by atoms with Crippen LogP contribution < -0.4 is 5.32 Å². The Labute approximate surface area is 91.3 Å². The Hall–Kier alpha value is -0.870. The minimum Gasteiger partial charge on any atom is -0.310 e. The number of nitrogens with one attached hydrogen (secondary N) is 1. The first-order valence-corrected chi connectivity index (χ1v) is 5.65. The van der Waals surface area contributed by atoms with Crippen molar-refractivity contribution in [1.82, 2.24) is 20.0 Å². The van der Waals surface area contributed by atoms with Crippen LogP contribution in [0.15, 0.2) is 12.3 Å². The van der Waals surface area contributed by atoms with Gasteiger partial charge in [-0.3, -0.25) is 4.68 Å². The molecule has 1 aliphatic rings. The number of nitrogens with zero attached hydrogens (tertiary/aromatic N) is 3. The van der Waals surface area contributed by atoms with E-state index in [0.717, 1.165) is 31.4 Å². The molecule has 0 saturated heterocycles. The molecule has 1 N–H and O–H groups in total. The molecule has 0 bridgehead atoms. The molecule has 0 unspecified atom stereocenters. The number of hydrogen-bond donors (Lipinski definition) is 1.